The van der Waals surface area contributed by atoms with Crippen molar-refractivity contribution in [1.29, 1.82) is 0 Å². The quantitative estimate of drug-likeness (QED) is 0.887. The van der Waals surface area contributed by atoms with Crippen molar-refractivity contribution in [3.05, 3.63) is 40.8 Å². The molecular formula is C15H16BrN3. The average molecular weight is 318 g/mol. The Kier molecular flexibility index (Phi) is 2.74. The predicted octanol–water partition coefficient (Wildman–Crippen LogP) is 3.65. The number of rotatable bonds is 2. The summed E-state index contributed by atoms with van der Waals surface area (Å²) in [6, 6.07) is 9.49. The maximum Gasteiger partial charge on any atom is 0.124 e. The molecule has 2 bridgehead atoms. The van der Waals surface area contributed by atoms with Gasteiger partial charge in [-0.15, -0.1) is 0 Å². The first-order chi connectivity index (χ1) is 9.29. The van der Waals surface area contributed by atoms with Gasteiger partial charge in [-0.2, -0.15) is 0 Å². The van der Waals surface area contributed by atoms with E-state index in [0.29, 0.717) is 6.04 Å². The molecule has 3 atom stereocenters. The lowest BCUT2D eigenvalue weighted by atomic mass is 10.00. The molecule has 19 heavy (non-hydrogen) atoms. The van der Waals surface area contributed by atoms with Crippen LogP contribution in [0.3, 0.4) is 0 Å². The topological polar surface area (TPSA) is 40.7 Å². The predicted molar refractivity (Wildman–Crippen MR) is 78.7 cm³/mol. The molecule has 2 fully saturated rings. The minimum Gasteiger partial charge on any atom is -0.341 e. The van der Waals surface area contributed by atoms with Crippen LogP contribution >= 0.6 is 15.9 Å². The van der Waals surface area contributed by atoms with E-state index in [1.54, 1.807) is 0 Å². The number of nitrogens with one attached hydrogen (secondary N) is 2. The molecule has 1 aliphatic carbocycles. The van der Waals surface area contributed by atoms with Gasteiger partial charge in [0, 0.05) is 10.5 Å². The summed E-state index contributed by atoms with van der Waals surface area (Å²) in [5.41, 5.74) is 2.29. The van der Waals surface area contributed by atoms with Crippen LogP contribution in [-0.2, 0) is 0 Å². The fourth-order valence-corrected chi connectivity index (χ4v) is 3.70. The van der Waals surface area contributed by atoms with Crippen LogP contribution in [0.4, 0.5) is 0 Å². The number of hydrogen-bond donors (Lipinski definition) is 2. The van der Waals surface area contributed by atoms with Gasteiger partial charge in [-0.05, 0) is 42.9 Å². The first-order valence-electron chi connectivity index (χ1n) is 6.86. The summed E-state index contributed by atoms with van der Waals surface area (Å²) in [5.74, 6) is 1.87. The van der Waals surface area contributed by atoms with Crippen molar-refractivity contribution in [2.75, 3.05) is 0 Å². The van der Waals surface area contributed by atoms with Crippen LogP contribution in [0.25, 0.3) is 11.3 Å². The largest absolute Gasteiger partial charge is 0.341 e. The lowest BCUT2D eigenvalue weighted by molar-refractivity contribution is 0.379. The molecule has 98 valence electrons. The molecule has 1 saturated carbocycles. The summed E-state index contributed by atoms with van der Waals surface area (Å²) in [5, 5.41) is 3.68. The van der Waals surface area contributed by atoms with E-state index in [-0.39, 0.29) is 0 Å². The van der Waals surface area contributed by atoms with Crippen molar-refractivity contribution < 1.29 is 0 Å². The molecule has 1 aromatic carbocycles. The van der Waals surface area contributed by atoms with E-state index in [2.05, 4.69) is 55.5 Å². The Bertz CT molecular complexity index is 590. The van der Waals surface area contributed by atoms with Gasteiger partial charge in [0.1, 0.15) is 5.82 Å². The highest BCUT2D eigenvalue weighted by atomic mass is 79.9. The van der Waals surface area contributed by atoms with Crippen molar-refractivity contribution in [3.8, 4) is 11.3 Å². The van der Waals surface area contributed by atoms with E-state index in [0.717, 1.165) is 28.0 Å². The normalized spacial score (nSPS) is 29.0. The SMILES string of the molecule is Brc1ccc(-c2cnc([C@H]3NC4CC[C@H]3C4)[nH]2)cc1. The molecule has 4 rings (SSSR count). The van der Waals surface area contributed by atoms with E-state index in [9.17, 15) is 0 Å². The molecule has 2 N–H and O–H groups in total. The minimum atomic E-state index is 0.433. The highest BCUT2D eigenvalue weighted by Gasteiger charge is 2.41. The van der Waals surface area contributed by atoms with Gasteiger partial charge in [-0.1, -0.05) is 28.1 Å². The summed E-state index contributed by atoms with van der Waals surface area (Å²) in [4.78, 5) is 8.07. The van der Waals surface area contributed by atoms with Crippen molar-refractivity contribution in [3.63, 3.8) is 0 Å². The number of aromatic amines is 1. The van der Waals surface area contributed by atoms with Crippen LogP contribution < -0.4 is 5.32 Å². The molecule has 2 aromatic rings. The first-order valence-corrected chi connectivity index (χ1v) is 7.66. The van der Waals surface area contributed by atoms with E-state index in [1.807, 2.05) is 6.20 Å². The third kappa shape index (κ3) is 2.03. The number of halogens is 1. The Labute approximate surface area is 121 Å². The number of hydrogen-bond acceptors (Lipinski definition) is 2. The molecular weight excluding hydrogens is 302 g/mol. The van der Waals surface area contributed by atoms with Gasteiger partial charge in [-0.3, -0.25) is 0 Å². The van der Waals surface area contributed by atoms with Gasteiger partial charge in [0.15, 0.2) is 0 Å². The zero-order chi connectivity index (χ0) is 12.8. The van der Waals surface area contributed by atoms with Crippen molar-refractivity contribution in [2.24, 2.45) is 5.92 Å². The molecule has 0 radical (unpaired) electrons. The van der Waals surface area contributed by atoms with Crippen LogP contribution in [0.2, 0.25) is 0 Å². The van der Waals surface area contributed by atoms with Crippen LogP contribution in [0.1, 0.15) is 31.1 Å². The Balaban J connectivity index is 1.61. The maximum absolute atomic E-state index is 4.59. The van der Waals surface area contributed by atoms with Crippen LogP contribution in [0.15, 0.2) is 34.9 Å². The monoisotopic (exact) mass is 317 g/mol. The highest BCUT2D eigenvalue weighted by molar-refractivity contribution is 9.10. The van der Waals surface area contributed by atoms with Crippen LogP contribution in [0.5, 0.6) is 0 Å². The summed E-state index contributed by atoms with van der Waals surface area (Å²) >= 11 is 3.46. The molecule has 0 spiro atoms. The van der Waals surface area contributed by atoms with Crippen molar-refractivity contribution in [2.45, 2.75) is 31.3 Å². The number of H-pyrrole nitrogens is 1. The number of fused-ring (bicyclic) bond motifs is 2. The van der Waals surface area contributed by atoms with E-state index in [4.69, 9.17) is 0 Å². The molecule has 0 amide bonds. The molecule has 2 aliphatic rings. The summed E-state index contributed by atoms with van der Waals surface area (Å²) in [6.45, 7) is 0. The lowest BCUT2D eigenvalue weighted by Gasteiger charge is -2.20. The third-order valence-corrected chi connectivity index (χ3v) is 4.93. The van der Waals surface area contributed by atoms with Crippen LogP contribution in [0, 0.1) is 5.92 Å². The smallest absolute Gasteiger partial charge is 0.124 e. The van der Waals surface area contributed by atoms with E-state index < -0.39 is 0 Å². The van der Waals surface area contributed by atoms with Gasteiger partial charge in [0.2, 0.25) is 0 Å². The lowest BCUT2D eigenvalue weighted by Crippen LogP contribution is -2.29. The fourth-order valence-electron chi connectivity index (χ4n) is 3.43. The number of imidazole rings is 1. The third-order valence-electron chi connectivity index (χ3n) is 4.41. The van der Waals surface area contributed by atoms with Gasteiger partial charge >= 0.3 is 0 Å². The second-order valence-electron chi connectivity index (χ2n) is 5.60. The summed E-state index contributed by atoms with van der Waals surface area (Å²) in [6.07, 6.45) is 5.95. The van der Waals surface area contributed by atoms with Gasteiger partial charge < -0.3 is 10.3 Å². The first kappa shape index (κ1) is 11.7. The number of piperidine rings is 1. The second-order valence-corrected chi connectivity index (χ2v) is 6.52. The van der Waals surface area contributed by atoms with Gasteiger partial charge in [0.05, 0.1) is 17.9 Å². The van der Waals surface area contributed by atoms with Crippen molar-refractivity contribution >= 4 is 15.9 Å². The minimum absolute atomic E-state index is 0.433. The van der Waals surface area contributed by atoms with Gasteiger partial charge in [-0.25, -0.2) is 4.98 Å². The average Bonchev–Trinajstić information content (AvgIpc) is 3.15. The zero-order valence-corrected chi connectivity index (χ0v) is 12.2. The second kappa shape index (κ2) is 4.46. The Morgan fingerprint density at radius 3 is 2.68 bits per heavy atom. The molecule has 1 aromatic heterocycles. The Hall–Kier alpha value is -1.13. The van der Waals surface area contributed by atoms with Crippen molar-refractivity contribution in [1.82, 2.24) is 15.3 Å². The van der Waals surface area contributed by atoms with E-state index >= 15 is 0 Å². The molecule has 4 heteroatoms. The number of benzene rings is 1. The highest BCUT2D eigenvalue weighted by Crippen LogP contribution is 2.42. The summed E-state index contributed by atoms with van der Waals surface area (Å²) < 4.78 is 1.10. The Morgan fingerprint density at radius 2 is 2.00 bits per heavy atom. The maximum atomic E-state index is 4.59. The molecule has 3 nitrogen and oxygen atoms in total. The molecule has 2 heterocycles. The number of aromatic nitrogens is 2. The fraction of sp³-hybridized carbons (Fsp3) is 0.400. The van der Waals surface area contributed by atoms with E-state index in [1.165, 1.54) is 24.8 Å². The summed E-state index contributed by atoms with van der Waals surface area (Å²) in [7, 11) is 0. The Morgan fingerprint density at radius 1 is 1.16 bits per heavy atom. The van der Waals surface area contributed by atoms with Crippen LogP contribution in [-0.4, -0.2) is 16.0 Å². The number of nitrogens with zero attached hydrogens (tertiary/aromatic N) is 1. The molecule has 1 aliphatic heterocycles. The molecule has 1 saturated heterocycles. The van der Waals surface area contributed by atoms with Gasteiger partial charge in [0.25, 0.3) is 0 Å². The standard InChI is InChI=1S/C15H16BrN3/c16-11-4-1-9(2-5-11)13-8-17-15(19-13)14-10-3-6-12(7-10)18-14/h1-2,4-5,8,10,12,14,18H,3,6-7H2,(H,17,19)/t10-,12?,14-/m0/s1. The zero-order valence-electron chi connectivity index (χ0n) is 10.6. The molecule has 1 unspecified atom stereocenters.